The van der Waals surface area contributed by atoms with Crippen molar-refractivity contribution in [2.45, 2.75) is 32.6 Å². The SMILES string of the molecule is CCOC(=O)CCCCCOc1ccc(C#N)cc1F. The predicted octanol–water partition coefficient (Wildman–Crippen LogP) is 3.20. The summed E-state index contributed by atoms with van der Waals surface area (Å²) < 4.78 is 23.6. The number of unbranched alkanes of at least 4 members (excludes halogenated alkanes) is 2. The summed E-state index contributed by atoms with van der Waals surface area (Å²) in [5, 5.41) is 8.61. The molecule has 108 valence electrons. The molecule has 1 aromatic carbocycles. The molecular weight excluding hydrogens is 261 g/mol. The normalized spacial score (nSPS) is 9.85. The molecule has 0 aromatic heterocycles. The molecule has 0 fully saturated rings. The lowest BCUT2D eigenvalue weighted by molar-refractivity contribution is -0.143. The average molecular weight is 279 g/mol. The lowest BCUT2D eigenvalue weighted by atomic mass is 10.2. The molecule has 0 unspecified atom stereocenters. The molecule has 0 aliphatic heterocycles. The molecule has 0 N–H and O–H groups in total. The van der Waals surface area contributed by atoms with E-state index in [1.165, 1.54) is 12.1 Å². The van der Waals surface area contributed by atoms with Crippen LogP contribution in [0.2, 0.25) is 0 Å². The van der Waals surface area contributed by atoms with Gasteiger partial charge in [-0.2, -0.15) is 5.26 Å². The van der Waals surface area contributed by atoms with E-state index < -0.39 is 5.82 Å². The van der Waals surface area contributed by atoms with E-state index in [1.807, 2.05) is 6.07 Å². The van der Waals surface area contributed by atoms with Crippen LogP contribution in [0.15, 0.2) is 18.2 Å². The highest BCUT2D eigenvalue weighted by Gasteiger charge is 2.05. The second-order valence-electron chi connectivity index (χ2n) is 4.22. The Morgan fingerprint density at radius 1 is 1.35 bits per heavy atom. The zero-order valence-corrected chi connectivity index (χ0v) is 11.5. The summed E-state index contributed by atoms with van der Waals surface area (Å²) >= 11 is 0. The van der Waals surface area contributed by atoms with Crippen LogP contribution in [0.3, 0.4) is 0 Å². The first-order chi connectivity index (χ1) is 9.67. The van der Waals surface area contributed by atoms with E-state index in [0.717, 1.165) is 25.3 Å². The molecule has 0 aliphatic carbocycles. The van der Waals surface area contributed by atoms with Gasteiger partial charge in [0.1, 0.15) is 0 Å². The fourth-order valence-corrected chi connectivity index (χ4v) is 1.65. The van der Waals surface area contributed by atoms with Crippen LogP contribution in [-0.2, 0) is 9.53 Å². The maximum absolute atomic E-state index is 13.5. The van der Waals surface area contributed by atoms with Crippen LogP contribution in [0, 0.1) is 17.1 Å². The van der Waals surface area contributed by atoms with Gasteiger partial charge >= 0.3 is 5.97 Å². The Kier molecular flexibility index (Phi) is 7.12. The van der Waals surface area contributed by atoms with Gasteiger partial charge in [-0.05, 0) is 44.4 Å². The Morgan fingerprint density at radius 3 is 2.80 bits per heavy atom. The molecule has 0 bridgehead atoms. The van der Waals surface area contributed by atoms with E-state index in [-0.39, 0.29) is 17.3 Å². The molecule has 0 saturated carbocycles. The lowest BCUT2D eigenvalue weighted by Crippen LogP contribution is -2.04. The van der Waals surface area contributed by atoms with Crippen molar-refractivity contribution in [1.29, 1.82) is 5.26 Å². The number of rotatable bonds is 8. The first kappa shape index (κ1) is 16.0. The van der Waals surface area contributed by atoms with Crippen LogP contribution in [0.4, 0.5) is 4.39 Å². The minimum atomic E-state index is -0.532. The van der Waals surface area contributed by atoms with Gasteiger partial charge in [0, 0.05) is 6.42 Å². The topological polar surface area (TPSA) is 59.3 Å². The fraction of sp³-hybridized carbons (Fsp3) is 0.467. The standard InChI is InChI=1S/C15H18FNO3/c1-2-19-15(18)6-4-3-5-9-20-14-8-7-12(11-17)10-13(14)16/h7-8,10H,2-6,9H2,1H3. The molecule has 0 amide bonds. The Bertz CT molecular complexity index is 482. The quantitative estimate of drug-likeness (QED) is 0.541. The monoisotopic (exact) mass is 279 g/mol. The molecular formula is C15H18FNO3. The van der Waals surface area contributed by atoms with Crippen molar-refractivity contribution in [2.24, 2.45) is 0 Å². The van der Waals surface area contributed by atoms with Crippen LogP contribution in [-0.4, -0.2) is 19.2 Å². The molecule has 0 heterocycles. The highest BCUT2D eigenvalue weighted by molar-refractivity contribution is 5.69. The van der Waals surface area contributed by atoms with Crippen molar-refractivity contribution >= 4 is 5.97 Å². The molecule has 0 saturated heterocycles. The number of hydrogen-bond acceptors (Lipinski definition) is 4. The number of nitrogens with zero attached hydrogens (tertiary/aromatic N) is 1. The highest BCUT2D eigenvalue weighted by atomic mass is 19.1. The van der Waals surface area contributed by atoms with E-state index in [0.29, 0.717) is 19.6 Å². The minimum Gasteiger partial charge on any atom is -0.491 e. The molecule has 0 atom stereocenters. The summed E-state index contributed by atoms with van der Waals surface area (Å²) in [6.07, 6.45) is 2.69. The van der Waals surface area contributed by atoms with Crippen molar-refractivity contribution in [1.82, 2.24) is 0 Å². The Balaban J connectivity index is 2.19. The van der Waals surface area contributed by atoms with Gasteiger partial charge in [0.25, 0.3) is 0 Å². The maximum atomic E-state index is 13.5. The average Bonchev–Trinajstić information content (AvgIpc) is 2.44. The summed E-state index contributed by atoms with van der Waals surface area (Å²) in [6.45, 7) is 2.56. The summed E-state index contributed by atoms with van der Waals surface area (Å²) in [4.78, 5) is 11.1. The van der Waals surface area contributed by atoms with Gasteiger partial charge in [-0.3, -0.25) is 4.79 Å². The van der Waals surface area contributed by atoms with Crippen LogP contribution in [0.5, 0.6) is 5.75 Å². The number of carbonyl (C=O) groups excluding carboxylic acids is 1. The van der Waals surface area contributed by atoms with Gasteiger partial charge in [-0.1, -0.05) is 0 Å². The molecule has 1 aromatic rings. The zero-order chi connectivity index (χ0) is 14.8. The Hall–Kier alpha value is -2.09. The van der Waals surface area contributed by atoms with Gasteiger partial charge in [0.15, 0.2) is 11.6 Å². The molecule has 1 rings (SSSR count). The number of carbonyl (C=O) groups is 1. The van der Waals surface area contributed by atoms with Crippen molar-refractivity contribution in [3.8, 4) is 11.8 Å². The summed E-state index contributed by atoms with van der Waals surface area (Å²) in [7, 11) is 0. The van der Waals surface area contributed by atoms with E-state index in [2.05, 4.69) is 0 Å². The third-order valence-corrected chi connectivity index (χ3v) is 2.65. The first-order valence-electron chi connectivity index (χ1n) is 6.65. The maximum Gasteiger partial charge on any atom is 0.305 e. The molecule has 0 aliphatic rings. The largest absolute Gasteiger partial charge is 0.491 e. The number of nitriles is 1. The van der Waals surface area contributed by atoms with Gasteiger partial charge in [-0.15, -0.1) is 0 Å². The Labute approximate surface area is 118 Å². The smallest absolute Gasteiger partial charge is 0.305 e. The van der Waals surface area contributed by atoms with Gasteiger partial charge < -0.3 is 9.47 Å². The number of benzene rings is 1. The zero-order valence-electron chi connectivity index (χ0n) is 11.5. The second-order valence-corrected chi connectivity index (χ2v) is 4.22. The summed E-state index contributed by atoms with van der Waals surface area (Å²) in [5.41, 5.74) is 0.268. The minimum absolute atomic E-state index is 0.148. The number of halogens is 1. The molecule has 20 heavy (non-hydrogen) atoms. The predicted molar refractivity (Wildman–Crippen MR) is 71.7 cm³/mol. The molecule has 0 radical (unpaired) electrons. The van der Waals surface area contributed by atoms with Crippen molar-refractivity contribution in [3.63, 3.8) is 0 Å². The van der Waals surface area contributed by atoms with E-state index in [1.54, 1.807) is 6.92 Å². The third-order valence-electron chi connectivity index (χ3n) is 2.65. The number of ether oxygens (including phenoxy) is 2. The van der Waals surface area contributed by atoms with E-state index in [9.17, 15) is 9.18 Å². The molecule has 0 spiro atoms. The van der Waals surface area contributed by atoms with Gasteiger partial charge in [0.2, 0.25) is 0 Å². The molecule has 5 heteroatoms. The number of hydrogen-bond donors (Lipinski definition) is 0. The van der Waals surface area contributed by atoms with E-state index in [4.69, 9.17) is 14.7 Å². The highest BCUT2D eigenvalue weighted by Crippen LogP contribution is 2.18. The van der Waals surface area contributed by atoms with Crippen molar-refractivity contribution in [3.05, 3.63) is 29.6 Å². The Morgan fingerprint density at radius 2 is 2.15 bits per heavy atom. The molecule has 4 nitrogen and oxygen atoms in total. The van der Waals surface area contributed by atoms with Crippen LogP contribution in [0.1, 0.15) is 38.2 Å². The van der Waals surface area contributed by atoms with Gasteiger partial charge in [0.05, 0.1) is 24.8 Å². The lowest BCUT2D eigenvalue weighted by Gasteiger charge is -2.07. The number of esters is 1. The summed E-state index contributed by atoms with van der Waals surface area (Å²) in [6, 6.07) is 5.97. The van der Waals surface area contributed by atoms with Gasteiger partial charge in [-0.25, -0.2) is 4.39 Å². The van der Waals surface area contributed by atoms with Crippen LogP contribution >= 0.6 is 0 Å². The van der Waals surface area contributed by atoms with Crippen LogP contribution < -0.4 is 4.74 Å². The summed E-state index contributed by atoms with van der Waals surface area (Å²) in [5.74, 6) is -0.573. The van der Waals surface area contributed by atoms with E-state index >= 15 is 0 Å². The first-order valence-corrected chi connectivity index (χ1v) is 6.65. The third kappa shape index (κ3) is 5.70. The second kappa shape index (κ2) is 8.92. The van der Waals surface area contributed by atoms with Crippen LogP contribution in [0.25, 0.3) is 0 Å². The van der Waals surface area contributed by atoms with Crippen molar-refractivity contribution < 1.29 is 18.7 Å². The van der Waals surface area contributed by atoms with Crippen molar-refractivity contribution in [2.75, 3.05) is 13.2 Å². The fourth-order valence-electron chi connectivity index (χ4n) is 1.65.